The maximum atomic E-state index is 12.4. The summed E-state index contributed by atoms with van der Waals surface area (Å²) >= 11 is 0. The largest absolute Gasteiger partial charge is 0.322 e. The van der Waals surface area contributed by atoms with Crippen LogP contribution in [0, 0.1) is 24.0 Å². The molecule has 2 aromatic carbocycles. The number of nitrogens with zero attached hydrogens (tertiary/aromatic N) is 5. The average molecular weight is 338 g/mol. The number of anilines is 1. The maximum absolute atomic E-state index is 12.4. The third-order valence-electron chi connectivity index (χ3n) is 3.71. The Kier molecular flexibility index (Phi) is 4.21. The van der Waals surface area contributed by atoms with Crippen LogP contribution in [0.3, 0.4) is 0 Å². The number of tetrazole rings is 1. The van der Waals surface area contributed by atoms with Gasteiger partial charge in [-0.2, -0.15) is 0 Å². The first-order valence-electron chi connectivity index (χ1n) is 7.36. The SMILES string of the molecule is Cc1cc(NC(=O)c2ccc([N+](=O)[O-])c(C)c2)ccc1-n1cnnn1. The third kappa shape index (κ3) is 3.34. The lowest BCUT2D eigenvalue weighted by molar-refractivity contribution is -0.385. The first kappa shape index (κ1) is 16.2. The Bertz CT molecular complexity index is 953. The Balaban J connectivity index is 1.80. The molecule has 0 fully saturated rings. The molecule has 126 valence electrons. The second-order valence-corrected chi connectivity index (χ2v) is 5.47. The molecule has 0 aliphatic heterocycles. The number of amides is 1. The molecular weight excluding hydrogens is 324 g/mol. The van der Waals surface area contributed by atoms with E-state index in [9.17, 15) is 14.9 Å². The summed E-state index contributed by atoms with van der Waals surface area (Å²) in [4.78, 5) is 22.7. The second-order valence-electron chi connectivity index (χ2n) is 5.47. The van der Waals surface area contributed by atoms with E-state index in [1.165, 1.54) is 29.2 Å². The van der Waals surface area contributed by atoms with E-state index in [1.807, 2.05) is 6.92 Å². The van der Waals surface area contributed by atoms with Gasteiger partial charge in [0.05, 0.1) is 10.6 Å². The highest BCUT2D eigenvalue weighted by Crippen LogP contribution is 2.21. The van der Waals surface area contributed by atoms with Gasteiger partial charge in [0.25, 0.3) is 11.6 Å². The van der Waals surface area contributed by atoms with Gasteiger partial charge in [-0.1, -0.05) is 0 Å². The number of nitro groups is 1. The van der Waals surface area contributed by atoms with Crippen molar-refractivity contribution in [2.75, 3.05) is 5.32 Å². The number of hydrogen-bond acceptors (Lipinski definition) is 6. The fourth-order valence-corrected chi connectivity index (χ4v) is 2.47. The summed E-state index contributed by atoms with van der Waals surface area (Å²) in [5, 5.41) is 24.6. The first-order valence-corrected chi connectivity index (χ1v) is 7.36. The summed E-state index contributed by atoms with van der Waals surface area (Å²) in [5.41, 5.74) is 3.06. The molecule has 0 saturated carbocycles. The van der Waals surface area contributed by atoms with Crippen LogP contribution in [0.5, 0.6) is 0 Å². The van der Waals surface area contributed by atoms with Gasteiger partial charge in [0, 0.05) is 22.9 Å². The number of nitrogens with one attached hydrogen (secondary N) is 1. The average Bonchev–Trinajstić information content (AvgIpc) is 3.08. The minimum atomic E-state index is -0.474. The van der Waals surface area contributed by atoms with E-state index in [1.54, 1.807) is 25.1 Å². The Morgan fingerprint density at radius 1 is 1.16 bits per heavy atom. The van der Waals surface area contributed by atoms with Crippen LogP contribution in [-0.4, -0.2) is 31.0 Å². The number of hydrogen-bond donors (Lipinski definition) is 1. The molecule has 1 amide bonds. The molecule has 9 nitrogen and oxygen atoms in total. The maximum Gasteiger partial charge on any atom is 0.272 e. The van der Waals surface area contributed by atoms with Gasteiger partial charge in [-0.05, 0) is 60.2 Å². The van der Waals surface area contributed by atoms with Crippen LogP contribution >= 0.6 is 0 Å². The van der Waals surface area contributed by atoms with E-state index in [-0.39, 0.29) is 11.6 Å². The van der Waals surface area contributed by atoms with Crippen molar-refractivity contribution in [3.05, 3.63) is 69.5 Å². The predicted molar refractivity (Wildman–Crippen MR) is 89.7 cm³/mol. The van der Waals surface area contributed by atoms with Gasteiger partial charge in [0.2, 0.25) is 0 Å². The molecule has 0 aliphatic rings. The molecule has 3 aromatic rings. The van der Waals surface area contributed by atoms with Crippen molar-refractivity contribution in [1.82, 2.24) is 20.2 Å². The van der Waals surface area contributed by atoms with Crippen molar-refractivity contribution in [3.63, 3.8) is 0 Å². The van der Waals surface area contributed by atoms with Crippen LogP contribution in [0.4, 0.5) is 11.4 Å². The minimum absolute atomic E-state index is 0.0156. The van der Waals surface area contributed by atoms with E-state index in [0.29, 0.717) is 16.8 Å². The van der Waals surface area contributed by atoms with Crippen LogP contribution in [0.25, 0.3) is 5.69 Å². The number of nitro benzene ring substituents is 1. The highest BCUT2D eigenvalue weighted by molar-refractivity contribution is 6.04. The number of aromatic nitrogens is 4. The summed E-state index contributed by atoms with van der Waals surface area (Å²) in [5.74, 6) is -0.340. The van der Waals surface area contributed by atoms with Gasteiger partial charge in [0.15, 0.2) is 0 Å². The molecule has 0 bridgehead atoms. The molecule has 3 rings (SSSR count). The quantitative estimate of drug-likeness (QED) is 0.577. The number of rotatable bonds is 4. The Hall–Kier alpha value is -3.62. The predicted octanol–water partition coefficient (Wildman–Crippen LogP) is 2.44. The topological polar surface area (TPSA) is 116 Å². The molecule has 1 N–H and O–H groups in total. The van der Waals surface area contributed by atoms with Crippen LogP contribution < -0.4 is 5.32 Å². The van der Waals surface area contributed by atoms with Gasteiger partial charge in [-0.25, -0.2) is 4.68 Å². The van der Waals surface area contributed by atoms with E-state index in [0.717, 1.165) is 11.3 Å². The van der Waals surface area contributed by atoms with Crippen molar-refractivity contribution in [2.45, 2.75) is 13.8 Å². The Morgan fingerprint density at radius 2 is 1.96 bits per heavy atom. The molecular formula is C16H14N6O3. The van der Waals surface area contributed by atoms with Crippen molar-refractivity contribution in [3.8, 4) is 5.69 Å². The van der Waals surface area contributed by atoms with Gasteiger partial charge in [0.1, 0.15) is 6.33 Å². The molecule has 0 spiro atoms. The van der Waals surface area contributed by atoms with Gasteiger partial charge >= 0.3 is 0 Å². The number of carbonyl (C=O) groups excluding carboxylic acids is 1. The molecule has 0 atom stereocenters. The van der Waals surface area contributed by atoms with Crippen LogP contribution in [0.2, 0.25) is 0 Å². The van der Waals surface area contributed by atoms with Crippen LogP contribution in [-0.2, 0) is 0 Å². The van der Waals surface area contributed by atoms with Gasteiger partial charge < -0.3 is 5.32 Å². The Labute approximate surface area is 142 Å². The van der Waals surface area contributed by atoms with Crippen molar-refractivity contribution < 1.29 is 9.72 Å². The molecule has 0 saturated heterocycles. The summed E-state index contributed by atoms with van der Waals surface area (Å²) in [6.45, 7) is 3.47. The van der Waals surface area contributed by atoms with E-state index < -0.39 is 4.92 Å². The molecule has 0 unspecified atom stereocenters. The number of benzene rings is 2. The summed E-state index contributed by atoms with van der Waals surface area (Å²) in [6, 6.07) is 9.59. The summed E-state index contributed by atoms with van der Waals surface area (Å²) < 4.78 is 1.53. The van der Waals surface area contributed by atoms with Gasteiger partial charge in [-0.3, -0.25) is 14.9 Å². The summed E-state index contributed by atoms with van der Waals surface area (Å²) in [7, 11) is 0. The third-order valence-corrected chi connectivity index (χ3v) is 3.71. The fourth-order valence-electron chi connectivity index (χ4n) is 2.47. The smallest absolute Gasteiger partial charge is 0.272 e. The lowest BCUT2D eigenvalue weighted by Gasteiger charge is -2.09. The number of carbonyl (C=O) groups is 1. The van der Waals surface area contributed by atoms with E-state index in [4.69, 9.17) is 0 Å². The summed E-state index contributed by atoms with van der Waals surface area (Å²) in [6.07, 6.45) is 1.49. The van der Waals surface area contributed by atoms with Crippen molar-refractivity contribution in [2.24, 2.45) is 0 Å². The zero-order valence-corrected chi connectivity index (χ0v) is 13.5. The van der Waals surface area contributed by atoms with E-state index in [2.05, 4.69) is 20.8 Å². The molecule has 9 heteroatoms. The number of aryl methyl sites for hydroxylation is 2. The first-order chi connectivity index (χ1) is 12.0. The lowest BCUT2D eigenvalue weighted by Crippen LogP contribution is -2.12. The van der Waals surface area contributed by atoms with Crippen molar-refractivity contribution in [1.29, 1.82) is 0 Å². The molecule has 1 aromatic heterocycles. The van der Waals surface area contributed by atoms with Gasteiger partial charge in [-0.15, -0.1) is 5.10 Å². The fraction of sp³-hybridized carbons (Fsp3) is 0.125. The second kappa shape index (κ2) is 6.48. The normalized spacial score (nSPS) is 10.5. The van der Waals surface area contributed by atoms with Crippen LogP contribution in [0.15, 0.2) is 42.7 Å². The standard InChI is InChI=1S/C16H14N6O3/c1-10-7-12(3-5-15(10)22(24)25)16(23)18-13-4-6-14(11(2)8-13)21-9-17-19-20-21/h3-9H,1-2H3,(H,18,23). The zero-order valence-electron chi connectivity index (χ0n) is 13.5. The van der Waals surface area contributed by atoms with E-state index >= 15 is 0 Å². The highest BCUT2D eigenvalue weighted by atomic mass is 16.6. The Morgan fingerprint density at radius 3 is 2.56 bits per heavy atom. The molecule has 25 heavy (non-hydrogen) atoms. The molecule has 0 radical (unpaired) electrons. The molecule has 1 heterocycles. The van der Waals surface area contributed by atoms with Crippen LogP contribution in [0.1, 0.15) is 21.5 Å². The minimum Gasteiger partial charge on any atom is -0.322 e. The molecule has 0 aliphatic carbocycles. The zero-order chi connectivity index (χ0) is 18.0. The van der Waals surface area contributed by atoms with Crippen molar-refractivity contribution >= 4 is 17.3 Å². The monoisotopic (exact) mass is 338 g/mol. The lowest BCUT2D eigenvalue weighted by atomic mass is 10.1. The highest BCUT2D eigenvalue weighted by Gasteiger charge is 2.14.